The van der Waals surface area contributed by atoms with Gasteiger partial charge >= 0.3 is 0 Å². The summed E-state index contributed by atoms with van der Waals surface area (Å²) >= 11 is 1.14. The van der Waals surface area contributed by atoms with Gasteiger partial charge in [-0.25, -0.2) is 4.99 Å². The number of hydrogen-bond donors (Lipinski definition) is 1. The fourth-order valence-corrected chi connectivity index (χ4v) is 3.02. The van der Waals surface area contributed by atoms with Gasteiger partial charge in [0.05, 0.1) is 23.7 Å². The Morgan fingerprint density at radius 2 is 1.92 bits per heavy atom. The largest absolute Gasteiger partial charge is 0.545 e. The number of thioether (sulfide) groups is 1. The number of hydrogen-bond acceptors (Lipinski definition) is 6. The number of aliphatic imine (C=N–C) groups is 1. The molecule has 0 aromatic heterocycles. The number of para-hydroxylation sites is 1. The number of carboxylic acids is 1. The van der Waals surface area contributed by atoms with Crippen LogP contribution >= 0.6 is 11.8 Å². The predicted octanol–water partition coefficient (Wildman–Crippen LogP) is 1.95. The summed E-state index contributed by atoms with van der Waals surface area (Å²) < 4.78 is 5.10. The summed E-state index contributed by atoms with van der Waals surface area (Å²) in [5, 5.41) is 14.1. The highest BCUT2D eigenvalue weighted by Gasteiger charge is 2.24. The Labute approximate surface area is 148 Å². The molecule has 0 bridgehead atoms. The summed E-state index contributed by atoms with van der Waals surface area (Å²) in [4.78, 5) is 27.9. The van der Waals surface area contributed by atoms with Gasteiger partial charge in [0.1, 0.15) is 5.75 Å². The number of carbonyl (C=O) groups excluding carboxylic acids is 2. The van der Waals surface area contributed by atoms with Crippen molar-refractivity contribution in [2.75, 3.05) is 7.11 Å². The van der Waals surface area contributed by atoms with Crippen molar-refractivity contribution >= 4 is 40.6 Å². The monoisotopic (exact) mass is 353 g/mol. The average Bonchev–Trinajstić information content (AvgIpc) is 2.95. The van der Waals surface area contributed by atoms with Crippen molar-refractivity contribution in [2.45, 2.75) is 0 Å². The first-order chi connectivity index (χ1) is 12.1. The third-order valence-electron chi connectivity index (χ3n) is 3.41. The van der Waals surface area contributed by atoms with Gasteiger partial charge in [-0.2, -0.15) is 0 Å². The van der Waals surface area contributed by atoms with Gasteiger partial charge in [-0.05, 0) is 41.6 Å². The quantitative estimate of drug-likeness (QED) is 0.849. The zero-order valence-electron chi connectivity index (χ0n) is 13.2. The molecule has 1 aliphatic rings. The Morgan fingerprint density at radius 3 is 2.60 bits per heavy atom. The van der Waals surface area contributed by atoms with Crippen molar-refractivity contribution in [1.82, 2.24) is 5.32 Å². The van der Waals surface area contributed by atoms with E-state index in [0.717, 1.165) is 23.1 Å². The molecule has 1 N–H and O–H groups in total. The summed E-state index contributed by atoms with van der Waals surface area (Å²) in [6.45, 7) is 0. The van der Waals surface area contributed by atoms with Crippen molar-refractivity contribution in [3.8, 4) is 5.75 Å². The number of carboxylic acid groups (broad SMARTS) is 1. The lowest BCUT2D eigenvalue weighted by atomic mass is 10.2. The van der Waals surface area contributed by atoms with Crippen LogP contribution in [-0.4, -0.2) is 24.2 Å². The van der Waals surface area contributed by atoms with Gasteiger partial charge in [-0.3, -0.25) is 4.79 Å². The number of nitrogens with one attached hydrogen (secondary N) is 1. The molecule has 1 aliphatic heterocycles. The second-order valence-corrected chi connectivity index (χ2v) is 6.09. The molecule has 1 saturated heterocycles. The van der Waals surface area contributed by atoms with Crippen LogP contribution in [-0.2, 0) is 4.79 Å². The van der Waals surface area contributed by atoms with Crippen LogP contribution in [0, 0.1) is 0 Å². The van der Waals surface area contributed by atoms with Crippen molar-refractivity contribution < 1.29 is 19.4 Å². The summed E-state index contributed by atoms with van der Waals surface area (Å²) in [5.41, 5.74) is 1.04. The highest BCUT2D eigenvalue weighted by Crippen LogP contribution is 2.29. The second kappa shape index (κ2) is 7.23. The molecule has 1 amide bonds. The molecular formula is C18H13N2O4S-. The molecule has 1 heterocycles. The summed E-state index contributed by atoms with van der Waals surface area (Å²) in [6, 6.07) is 13.5. The Morgan fingerprint density at radius 1 is 1.20 bits per heavy atom. The van der Waals surface area contributed by atoms with Crippen LogP contribution in [0.2, 0.25) is 0 Å². The van der Waals surface area contributed by atoms with E-state index in [1.165, 1.54) is 6.07 Å². The molecule has 126 valence electrons. The molecule has 6 nitrogen and oxygen atoms in total. The lowest BCUT2D eigenvalue weighted by Gasteiger charge is -2.06. The minimum absolute atomic E-state index is 0.0302. The molecule has 3 rings (SSSR count). The predicted molar refractivity (Wildman–Crippen MR) is 94.6 cm³/mol. The molecule has 0 unspecified atom stereocenters. The molecule has 1 fully saturated rings. The molecule has 0 saturated carbocycles. The average molecular weight is 353 g/mol. The van der Waals surface area contributed by atoms with Gasteiger partial charge in [0, 0.05) is 5.56 Å². The van der Waals surface area contributed by atoms with E-state index in [1.807, 2.05) is 12.1 Å². The van der Waals surface area contributed by atoms with E-state index < -0.39 is 5.97 Å². The SMILES string of the molecule is COc1ccc(/C=C2\SC(=Nc3ccccc3C(=O)[O-])NC2=O)cc1. The van der Waals surface area contributed by atoms with Crippen LogP contribution in [0.1, 0.15) is 15.9 Å². The minimum atomic E-state index is -1.32. The van der Waals surface area contributed by atoms with E-state index in [9.17, 15) is 14.7 Å². The number of amidine groups is 1. The number of ether oxygens (including phenoxy) is 1. The highest BCUT2D eigenvalue weighted by atomic mass is 32.2. The zero-order valence-corrected chi connectivity index (χ0v) is 14.0. The molecule has 25 heavy (non-hydrogen) atoms. The van der Waals surface area contributed by atoms with E-state index in [4.69, 9.17) is 4.74 Å². The van der Waals surface area contributed by atoms with Gasteiger partial charge in [0.2, 0.25) is 0 Å². The van der Waals surface area contributed by atoms with Crippen molar-refractivity contribution in [2.24, 2.45) is 4.99 Å². The number of nitrogens with zero attached hydrogens (tertiary/aromatic N) is 1. The maximum Gasteiger partial charge on any atom is 0.264 e. The number of carbonyl (C=O) groups is 2. The van der Waals surface area contributed by atoms with Crippen LogP contribution in [0.4, 0.5) is 5.69 Å². The molecule has 0 radical (unpaired) electrons. The first kappa shape index (κ1) is 16.8. The topological polar surface area (TPSA) is 90.8 Å². The smallest absolute Gasteiger partial charge is 0.264 e. The Hall–Kier alpha value is -3.06. The van der Waals surface area contributed by atoms with Crippen LogP contribution < -0.4 is 15.2 Å². The molecule has 0 spiro atoms. The lowest BCUT2D eigenvalue weighted by Crippen LogP contribution is -2.23. The molecular weight excluding hydrogens is 340 g/mol. The van der Waals surface area contributed by atoms with Crippen LogP contribution in [0.15, 0.2) is 58.4 Å². The number of benzene rings is 2. The van der Waals surface area contributed by atoms with E-state index in [-0.39, 0.29) is 17.2 Å². The van der Waals surface area contributed by atoms with Gasteiger partial charge in [-0.15, -0.1) is 0 Å². The van der Waals surface area contributed by atoms with Crippen molar-refractivity contribution in [3.63, 3.8) is 0 Å². The van der Waals surface area contributed by atoms with E-state index in [0.29, 0.717) is 10.1 Å². The maximum atomic E-state index is 12.1. The zero-order chi connectivity index (χ0) is 17.8. The maximum absolute atomic E-state index is 12.1. The van der Waals surface area contributed by atoms with Crippen LogP contribution in [0.25, 0.3) is 6.08 Å². The Kier molecular flexibility index (Phi) is 4.85. The number of methoxy groups -OCH3 is 1. The first-order valence-electron chi connectivity index (χ1n) is 7.31. The molecule has 0 atom stereocenters. The van der Waals surface area contributed by atoms with Crippen molar-refractivity contribution in [1.29, 1.82) is 0 Å². The second-order valence-electron chi connectivity index (χ2n) is 5.06. The minimum Gasteiger partial charge on any atom is -0.545 e. The van der Waals surface area contributed by atoms with Gasteiger partial charge in [0.25, 0.3) is 5.91 Å². The number of amides is 1. The van der Waals surface area contributed by atoms with E-state index in [1.54, 1.807) is 43.5 Å². The number of rotatable bonds is 4. The standard InChI is InChI=1S/C18H14N2O4S/c1-24-12-8-6-11(7-9-12)10-15-16(21)20-18(25-15)19-14-5-3-2-4-13(14)17(22)23/h2-10H,1H3,(H,22,23)(H,19,20,21)/p-1/b15-10-. The van der Waals surface area contributed by atoms with Gasteiger partial charge in [-0.1, -0.05) is 30.3 Å². The fourth-order valence-electron chi connectivity index (χ4n) is 2.19. The van der Waals surface area contributed by atoms with E-state index in [2.05, 4.69) is 10.3 Å². The highest BCUT2D eigenvalue weighted by molar-refractivity contribution is 8.18. The van der Waals surface area contributed by atoms with Crippen LogP contribution in [0.5, 0.6) is 5.75 Å². The number of aromatic carboxylic acids is 1. The lowest BCUT2D eigenvalue weighted by molar-refractivity contribution is -0.254. The van der Waals surface area contributed by atoms with Crippen LogP contribution in [0.3, 0.4) is 0 Å². The normalized spacial score (nSPS) is 16.9. The summed E-state index contributed by atoms with van der Waals surface area (Å²) in [7, 11) is 1.58. The third kappa shape index (κ3) is 3.89. The molecule has 2 aromatic rings. The fraction of sp³-hybridized carbons (Fsp3) is 0.0556. The third-order valence-corrected chi connectivity index (χ3v) is 4.32. The summed E-state index contributed by atoms with van der Waals surface area (Å²) in [6.07, 6.45) is 1.73. The Balaban J connectivity index is 1.85. The molecule has 2 aromatic carbocycles. The van der Waals surface area contributed by atoms with E-state index >= 15 is 0 Å². The van der Waals surface area contributed by atoms with Gasteiger partial charge < -0.3 is 20.0 Å². The van der Waals surface area contributed by atoms with Crippen molar-refractivity contribution in [3.05, 3.63) is 64.6 Å². The molecule has 0 aliphatic carbocycles. The molecule has 7 heteroatoms. The first-order valence-corrected chi connectivity index (χ1v) is 8.12. The van der Waals surface area contributed by atoms with Gasteiger partial charge in [0.15, 0.2) is 5.17 Å². The summed E-state index contributed by atoms with van der Waals surface area (Å²) in [5.74, 6) is -0.874. The Bertz CT molecular complexity index is 888.